The van der Waals surface area contributed by atoms with Crippen molar-refractivity contribution in [1.82, 2.24) is 15.5 Å². The maximum absolute atomic E-state index is 14.2. The van der Waals surface area contributed by atoms with Crippen LogP contribution in [0.4, 0.5) is 4.79 Å². The fraction of sp³-hybridized carbons (Fsp3) is 0.455. The second-order valence-corrected chi connectivity index (χ2v) is 12.2. The van der Waals surface area contributed by atoms with E-state index in [-0.39, 0.29) is 13.0 Å². The largest absolute Gasteiger partial charge is 0.458 e. The Balaban J connectivity index is 2.49. The highest BCUT2D eigenvalue weighted by atomic mass is 16.6. The first-order chi connectivity index (χ1) is 19.5. The van der Waals surface area contributed by atoms with Gasteiger partial charge in [0.1, 0.15) is 29.8 Å². The van der Waals surface area contributed by atoms with Crippen molar-refractivity contribution in [3.8, 4) is 0 Å². The molecule has 0 spiro atoms. The van der Waals surface area contributed by atoms with Crippen molar-refractivity contribution in [3.05, 3.63) is 83.4 Å². The molecule has 0 aliphatic rings. The third kappa shape index (κ3) is 11.0. The lowest BCUT2D eigenvalue weighted by molar-refractivity contribution is -0.159. The topological polar surface area (TPSA) is 114 Å². The lowest BCUT2D eigenvalue weighted by Gasteiger charge is -2.33. The fourth-order valence-electron chi connectivity index (χ4n) is 4.23. The number of nitrogens with one attached hydrogen (secondary N) is 2. The summed E-state index contributed by atoms with van der Waals surface area (Å²) in [5, 5.41) is 5.34. The lowest BCUT2D eigenvalue weighted by Crippen LogP contribution is -2.52. The van der Waals surface area contributed by atoms with Crippen LogP contribution in [0.25, 0.3) is 0 Å². The Morgan fingerprint density at radius 1 is 0.929 bits per heavy atom. The molecule has 0 bridgehead atoms. The van der Waals surface area contributed by atoms with Gasteiger partial charge >= 0.3 is 12.1 Å². The Morgan fingerprint density at radius 3 is 2.12 bits per heavy atom. The van der Waals surface area contributed by atoms with Gasteiger partial charge in [-0.2, -0.15) is 0 Å². The van der Waals surface area contributed by atoms with Gasteiger partial charge in [-0.3, -0.25) is 9.59 Å². The van der Waals surface area contributed by atoms with Crippen LogP contribution in [-0.4, -0.2) is 59.1 Å². The van der Waals surface area contributed by atoms with Gasteiger partial charge in [0.25, 0.3) is 0 Å². The lowest BCUT2D eigenvalue weighted by atomic mass is 9.96. The summed E-state index contributed by atoms with van der Waals surface area (Å²) < 4.78 is 10.9. The molecule has 228 valence electrons. The minimum atomic E-state index is -1.13. The molecule has 2 aromatic carbocycles. The highest BCUT2D eigenvalue weighted by molar-refractivity contribution is 5.93. The van der Waals surface area contributed by atoms with Crippen LogP contribution in [0.2, 0.25) is 0 Å². The molecule has 0 heterocycles. The van der Waals surface area contributed by atoms with Crippen molar-refractivity contribution >= 4 is 23.9 Å². The summed E-state index contributed by atoms with van der Waals surface area (Å²) in [5.74, 6) is -1.69. The second kappa shape index (κ2) is 14.7. The first-order valence-electron chi connectivity index (χ1n) is 14.0. The highest BCUT2D eigenvalue weighted by Crippen LogP contribution is 2.27. The van der Waals surface area contributed by atoms with E-state index in [1.165, 1.54) is 11.0 Å². The van der Waals surface area contributed by atoms with E-state index in [9.17, 15) is 19.2 Å². The van der Waals surface area contributed by atoms with Crippen molar-refractivity contribution in [3.63, 3.8) is 0 Å². The molecule has 42 heavy (non-hydrogen) atoms. The number of nitrogens with zero attached hydrogens (tertiary/aromatic N) is 1. The van der Waals surface area contributed by atoms with E-state index in [1.54, 1.807) is 41.5 Å². The van der Waals surface area contributed by atoms with Crippen molar-refractivity contribution in [2.24, 2.45) is 0 Å². The van der Waals surface area contributed by atoms with Crippen LogP contribution in [0.5, 0.6) is 0 Å². The molecule has 2 rings (SSSR count). The van der Waals surface area contributed by atoms with E-state index >= 15 is 0 Å². The van der Waals surface area contributed by atoms with E-state index < -0.39 is 53.7 Å². The average molecular weight is 580 g/mol. The van der Waals surface area contributed by atoms with E-state index in [4.69, 9.17) is 9.47 Å². The number of aryl methyl sites for hydroxylation is 2. The van der Waals surface area contributed by atoms with Crippen LogP contribution in [0.1, 0.15) is 69.8 Å². The van der Waals surface area contributed by atoms with Gasteiger partial charge in [0.2, 0.25) is 11.8 Å². The Labute approximate surface area is 249 Å². The van der Waals surface area contributed by atoms with Gasteiger partial charge in [0.05, 0.1) is 0 Å². The van der Waals surface area contributed by atoms with Crippen molar-refractivity contribution in [1.29, 1.82) is 0 Å². The summed E-state index contributed by atoms with van der Waals surface area (Å²) in [6.07, 6.45) is 0.943. The minimum Gasteiger partial charge on any atom is -0.458 e. The molecule has 2 N–H and O–H groups in total. The van der Waals surface area contributed by atoms with Crippen LogP contribution in [0.3, 0.4) is 0 Å². The Kier molecular flexibility index (Phi) is 11.9. The van der Waals surface area contributed by atoms with E-state index in [1.807, 2.05) is 62.4 Å². The van der Waals surface area contributed by atoms with Gasteiger partial charge in [-0.05, 0) is 72.1 Å². The van der Waals surface area contributed by atoms with Gasteiger partial charge in [-0.1, -0.05) is 60.2 Å². The third-order valence-electron chi connectivity index (χ3n) is 6.01. The number of carbonyl (C=O) groups is 4. The van der Waals surface area contributed by atoms with Crippen LogP contribution in [0.15, 0.2) is 61.2 Å². The zero-order chi connectivity index (χ0) is 31.7. The van der Waals surface area contributed by atoms with E-state index in [0.29, 0.717) is 5.56 Å². The monoisotopic (exact) mass is 579 g/mol. The molecule has 0 aromatic heterocycles. The molecule has 0 aliphatic heterocycles. The molecule has 0 aliphatic carbocycles. The van der Waals surface area contributed by atoms with Gasteiger partial charge < -0.3 is 25.0 Å². The number of alkyl carbamates (subject to hydrolysis) is 1. The molecule has 9 heteroatoms. The zero-order valence-electron chi connectivity index (χ0n) is 26.1. The Morgan fingerprint density at radius 2 is 1.55 bits per heavy atom. The first-order valence-corrected chi connectivity index (χ1v) is 14.0. The van der Waals surface area contributed by atoms with Crippen molar-refractivity contribution < 1.29 is 28.7 Å². The third-order valence-corrected chi connectivity index (χ3v) is 6.01. The minimum absolute atomic E-state index is 0.0100. The van der Waals surface area contributed by atoms with Crippen LogP contribution < -0.4 is 10.6 Å². The smallest absolute Gasteiger partial charge is 0.408 e. The number of rotatable bonds is 11. The van der Waals surface area contributed by atoms with E-state index in [2.05, 4.69) is 17.2 Å². The Hall–Kier alpha value is -4.14. The molecule has 0 radical (unpaired) electrons. The number of hydrogen-bond acceptors (Lipinski definition) is 6. The zero-order valence-corrected chi connectivity index (χ0v) is 26.1. The summed E-state index contributed by atoms with van der Waals surface area (Å²) in [5.41, 5.74) is 1.56. The molecule has 0 saturated heterocycles. The molecule has 2 unspecified atom stereocenters. The van der Waals surface area contributed by atoms with Crippen LogP contribution in [-0.2, 0) is 30.3 Å². The molecule has 0 saturated carbocycles. The standard InChI is InChI=1S/C33H45N3O6/c1-10-18-36(27(37)21-34-31(40)42-33(7,8)9)28(25-19-22(2)16-17-23(25)3)29(38)35-26(30(39)41-32(4,5)6)20-24-14-12-11-13-15-24/h10-17,19,26,28H,1,18,20-21H2,2-9H3,(H,34,40)(H,35,38). The van der Waals surface area contributed by atoms with Gasteiger partial charge in [0, 0.05) is 13.0 Å². The summed E-state index contributed by atoms with van der Waals surface area (Å²) in [6, 6.07) is 12.8. The summed E-state index contributed by atoms with van der Waals surface area (Å²) in [6.45, 7) is 17.5. The Bertz CT molecular complexity index is 1260. The maximum Gasteiger partial charge on any atom is 0.408 e. The summed E-state index contributed by atoms with van der Waals surface area (Å²) in [7, 11) is 0. The number of amides is 3. The number of esters is 1. The molecule has 2 aromatic rings. The predicted molar refractivity (Wildman–Crippen MR) is 163 cm³/mol. The number of ether oxygens (including phenoxy) is 2. The number of carbonyl (C=O) groups excluding carboxylic acids is 4. The van der Waals surface area contributed by atoms with Gasteiger partial charge in [-0.15, -0.1) is 6.58 Å². The highest BCUT2D eigenvalue weighted by Gasteiger charge is 2.36. The molecule has 2 atom stereocenters. The molecular formula is C33H45N3O6. The normalized spacial score (nSPS) is 12.9. The second-order valence-electron chi connectivity index (χ2n) is 12.2. The quantitative estimate of drug-likeness (QED) is 0.288. The van der Waals surface area contributed by atoms with Gasteiger partial charge in [-0.25, -0.2) is 9.59 Å². The van der Waals surface area contributed by atoms with E-state index in [0.717, 1.165) is 16.7 Å². The fourth-order valence-corrected chi connectivity index (χ4v) is 4.23. The van der Waals surface area contributed by atoms with Crippen LogP contribution in [0, 0.1) is 13.8 Å². The first kappa shape index (κ1) is 34.1. The van der Waals surface area contributed by atoms with Crippen LogP contribution >= 0.6 is 0 Å². The van der Waals surface area contributed by atoms with Gasteiger partial charge in [0.15, 0.2) is 0 Å². The average Bonchev–Trinajstić information content (AvgIpc) is 2.87. The molecular weight excluding hydrogens is 534 g/mol. The summed E-state index contributed by atoms with van der Waals surface area (Å²) >= 11 is 0. The number of benzene rings is 2. The van der Waals surface area contributed by atoms with Crippen molar-refractivity contribution in [2.45, 2.75) is 85.1 Å². The predicted octanol–water partition coefficient (Wildman–Crippen LogP) is 4.95. The molecule has 9 nitrogen and oxygen atoms in total. The van der Waals surface area contributed by atoms with Crippen molar-refractivity contribution in [2.75, 3.05) is 13.1 Å². The number of hydrogen-bond donors (Lipinski definition) is 2. The molecule has 3 amide bonds. The maximum atomic E-state index is 14.2. The SMILES string of the molecule is C=CCN(C(=O)CNC(=O)OC(C)(C)C)C(C(=O)NC(Cc1ccccc1)C(=O)OC(C)(C)C)c1cc(C)ccc1C. The summed E-state index contributed by atoms with van der Waals surface area (Å²) in [4.78, 5) is 54.6. The molecule has 0 fully saturated rings.